The molecule has 2 rings (SSSR count). The molecular weight excluding hydrogens is 468 g/mol. The van der Waals surface area contributed by atoms with Crippen LogP contribution in [-0.2, 0) is 16.0 Å². The zero-order chi connectivity index (χ0) is 22.3. The second-order valence-corrected chi connectivity index (χ2v) is 9.39. The van der Waals surface area contributed by atoms with Crippen molar-refractivity contribution in [2.75, 3.05) is 13.2 Å². The number of carbonyl (C=O) groups is 2. The van der Waals surface area contributed by atoms with Crippen molar-refractivity contribution in [1.29, 1.82) is 0 Å². The lowest BCUT2D eigenvalue weighted by Crippen LogP contribution is -2.53. The molecule has 162 valence electrons. The molecule has 0 aliphatic rings. The molecule has 0 radical (unpaired) electrons. The van der Waals surface area contributed by atoms with Gasteiger partial charge in [0, 0.05) is 17.1 Å². The van der Waals surface area contributed by atoms with Gasteiger partial charge in [0.2, 0.25) is 5.91 Å². The van der Waals surface area contributed by atoms with E-state index in [0.717, 1.165) is 5.56 Å². The van der Waals surface area contributed by atoms with Gasteiger partial charge in [-0.3, -0.25) is 9.59 Å². The molecular formula is C23H28BrClN2O3. The Labute approximate surface area is 191 Å². The fourth-order valence-corrected chi connectivity index (χ4v) is 3.66. The summed E-state index contributed by atoms with van der Waals surface area (Å²) in [6.07, 6.45) is 0.643. The summed E-state index contributed by atoms with van der Waals surface area (Å²) >= 11 is 9.34. The van der Waals surface area contributed by atoms with Crippen molar-refractivity contribution >= 4 is 39.3 Å². The molecule has 0 unspecified atom stereocenters. The highest BCUT2D eigenvalue weighted by atomic mass is 79.9. The number of carbonyl (C=O) groups excluding carboxylic acids is 2. The van der Waals surface area contributed by atoms with Gasteiger partial charge < -0.3 is 15.0 Å². The van der Waals surface area contributed by atoms with Crippen molar-refractivity contribution in [2.45, 2.75) is 45.7 Å². The number of amides is 2. The van der Waals surface area contributed by atoms with Gasteiger partial charge in [0.25, 0.3) is 5.91 Å². The Bertz CT molecular complexity index is 868. The summed E-state index contributed by atoms with van der Waals surface area (Å²) < 4.78 is 6.35. The Morgan fingerprint density at radius 1 is 1.17 bits per heavy atom. The number of nitrogens with one attached hydrogen (secondary N) is 1. The first kappa shape index (κ1) is 24.2. The standard InChI is InChI=1S/C23H28BrClN2O3/c1-16(22(29)26-23(2,3)4)27(13-12-17-8-6-5-7-9-17)21(28)15-30-20-11-10-18(25)14-19(20)24/h5-11,14,16H,12-13,15H2,1-4H3,(H,26,29)/t16-/m1/s1. The highest BCUT2D eigenvalue weighted by Crippen LogP contribution is 2.28. The topological polar surface area (TPSA) is 58.6 Å². The minimum atomic E-state index is -0.627. The third-order valence-electron chi connectivity index (χ3n) is 4.39. The molecule has 2 amide bonds. The quantitative estimate of drug-likeness (QED) is 0.569. The summed E-state index contributed by atoms with van der Waals surface area (Å²) in [6, 6.07) is 14.3. The monoisotopic (exact) mass is 494 g/mol. The van der Waals surface area contributed by atoms with Gasteiger partial charge in [-0.25, -0.2) is 0 Å². The van der Waals surface area contributed by atoms with Crippen molar-refractivity contribution < 1.29 is 14.3 Å². The summed E-state index contributed by atoms with van der Waals surface area (Å²) in [5.74, 6) is 0.0588. The highest BCUT2D eigenvalue weighted by molar-refractivity contribution is 9.10. The van der Waals surface area contributed by atoms with E-state index in [-0.39, 0.29) is 24.0 Å². The average molecular weight is 496 g/mol. The van der Waals surface area contributed by atoms with Crippen LogP contribution in [-0.4, -0.2) is 41.4 Å². The van der Waals surface area contributed by atoms with Gasteiger partial charge >= 0.3 is 0 Å². The van der Waals surface area contributed by atoms with E-state index in [1.54, 1.807) is 30.0 Å². The molecule has 30 heavy (non-hydrogen) atoms. The Morgan fingerprint density at radius 2 is 1.83 bits per heavy atom. The number of hydrogen-bond donors (Lipinski definition) is 1. The van der Waals surface area contributed by atoms with Crippen molar-refractivity contribution in [3.05, 3.63) is 63.6 Å². The first-order valence-electron chi connectivity index (χ1n) is 9.80. The minimum absolute atomic E-state index is 0.178. The Morgan fingerprint density at radius 3 is 2.43 bits per heavy atom. The van der Waals surface area contributed by atoms with Crippen LogP contribution in [0.1, 0.15) is 33.3 Å². The maximum Gasteiger partial charge on any atom is 0.261 e. The molecule has 0 spiro atoms. The molecule has 0 fully saturated rings. The van der Waals surface area contributed by atoms with Gasteiger partial charge in [0.1, 0.15) is 11.8 Å². The molecule has 0 aromatic heterocycles. The SMILES string of the molecule is C[C@H](C(=O)NC(C)(C)C)N(CCc1ccccc1)C(=O)COc1ccc(Cl)cc1Br. The predicted octanol–water partition coefficient (Wildman–Crippen LogP) is 4.86. The summed E-state index contributed by atoms with van der Waals surface area (Å²) in [4.78, 5) is 27.3. The van der Waals surface area contributed by atoms with Crippen molar-refractivity contribution in [1.82, 2.24) is 10.2 Å². The first-order valence-corrected chi connectivity index (χ1v) is 11.0. The molecule has 1 N–H and O–H groups in total. The lowest BCUT2D eigenvalue weighted by molar-refractivity contribution is -0.142. The third kappa shape index (κ3) is 7.65. The van der Waals surface area contributed by atoms with Gasteiger partial charge in [-0.15, -0.1) is 0 Å². The number of rotatable bonds is 8. The van der Waals surface area contributed by atoms with Gasteiger partial charge in [-0.1, -0.05) is 41.9 Å². The van der Waals surface area contributed by atoms with Crippen LogP contribution in [0.3, 0.4) is 0 Å². The molecule has 0 aliphatic heterocycles. The molecule has 5 nitrogen and oxygen atoms in total. The largest absolute Gasteiger partial charge is 0.483 e. The number of nitrogens with zero attached hydrogens (tertiary/aromatic N) is 1. The van der Waals surface area contributed by atoms with Crippen LogP contribution in [0.4, 0.5) is 0 Å². The van der Waals surface area contributed by atoms with Crippen molar-refractivity contribution in [3.8, 4) is 5.75 Å². The zero-order valence-electron chi connectivity index (χ0n) is 17.7. The molecule has 0 saturated carbocycles. The molecule has 0 aliphatic carbocycles. The van der Waals surface area contributed by atoms with E-state index in [2.05, 4.69) is 21.2 Å². The molecule has 2 aromatic rings. The molecule has 1 atom stereocenters. The van der Waals surface area contributed by atoms with Gasteiger partial charge in [0.05, 0.1) is 4.47 Å². The number of hydrogen-bond acceptors (Lipinski definition) is 3. The molecule has 2 aromatic carbocycles. The van der Waals surface area contributed by atoms with Crippen LogP contribution < -0.4 is 10.1 Å². The van der Waals surface area contributed by atoms with Crippen LogP contribution >= 0.6 is 27.5 Å². The molecule has 0 bridgehead atoms. The van der Waals surface area contributed by atoms with E-state index in [1.807, 2.05) is 51.1 Å². The number of halogens is 2. The highest BCUT2D eigenvalue weighted by Gasteiger charge is 2.28. The van der Waals surface area contributed by atoms with Crippen molar-refractivity contribution in [2.24, 2.45) is 0 Å². The normalized spacial score (nSPS) is 12.2. The summed E-state index contributed by atoms with van der Waals surface area (Å²) in [6.45, 7) is 7.70. The zero-order valence-corrected chi connectivity index (χ0v) is 20.1. The van der Waals surface area contributed by atoms with E-state index < -0.39 is 6.04 Å². The molecule has 0 heterocycles. The van der Waals surface area contributed by atoms with E-state index in [4.69, 9.17) is 16.3 Å². The van der Waals surface area contributed by atoms with Crippen LogP contribution in [0.25, 0.3) is 0 Å². The number of benzene rings is 2. The average Bonchev–Trinajstić information content (AvgIpc) is 2.66. The van der Waals surface area contributed by atoms with Crippen LogP contribution in [0.15, 0.2) is 53.0 Å². The second kappa shape index (κ2) is 10.8. The molecule has 0 saturated heterocycles. The predicted molar refractivity (Wildman–Crippen MR) is 124 cm³/mol. The van der Waals surface area contributed by atoms with Gasteiger partial charge in [0.15, 0.2) is 6.61 Å². The van der Waals surface area contributed by atoms with E-state index in [9.17, 15) is 9.59 Å². The van der Waals surface area contributed by atoms with Crippen LogP contribution in [0.5, 0.6) is 5.75 Å². The Balaban J connectivity index is 2.11. The maximum atomic E-state index is 13.0. The van der Waals surface area contributed by atoms with E-state index in [0.29, 0.717) is 28.2 Å². The summed E-state index contributed by atoms with van der Waals surface area (Å²) in [5.41, 5.74) is 0.713. The van der Waals surface area contributed by atoms with E-state index >= 15 is 0 Å². The fraction of sp³-hybridized carbons (Fsp3) is 0.391. The first-order chi connectivity index (χ1) is 14.1. The minimum Gasteiger partial charge on any atom is -0.483 e. The fourth-order valence-electron chi connectivity index (χ4n) is 2.86. The summed E-state index contributed by atoms with van der Waals surface area (Å²) in [7, 11) is 0. The van der Waals surface area contributed by atoms with Crippen LogP contribution in [0.2, 0.25) is 5.02 Å². The van der Waals surface area contributed by atoms with Crippen LogP contribution in [0, 0.1) is 0 Å². The summed E-state index contributed by atoms with van der Waals surface area (Å²) in [5, 5.41) is 3.51. The number of ether oxygens (including phenoxy) is 1. The van der Waals surface area contributed by atoms with Gasteiger partial charge in [-0.2, -0.15) is 0 Å². The lowest BCUT2D eigenvalue weighted by atomic mass is 10.1. The Kier molecular flexibility index (Phi) is 8.74. The second-order valence-electron chi connectivity index (χ2n) is 8.10. The lowest BCUT2D eigenvalue weighted by Gasteiger charge is -2.31. The van der Waals surface area contributed by atoms with Crippen molar-refractivity contribution in [3.63, 3.8) is 0 Å². The molecule has 7 heteroatoms. The van der Waals surface area contributed by atoms with E-state index in [1.165, 1.54) is 0 Å². The Hall–Kier alpha value is -2.05. The smallest absolute Gasteiger partial charge is 0.261 e. The van der Waals surface area contributed by atoms with Gasteiger partial charge in [-0.05, 0) is 73.8 Å². The third-order valence-corrected chi connectivity index (χ3v) is 5.25. The maximum absolute atomic E-state index is 13.0.